The number of aromatic nitrogens is 2. The van der Waals surface area contributed by atoms with Gasteiger partial charge in [0.2, 0.25) is 5.89 Å². The zero-order valence-electron chi connectivity index (χ0n) is 20.7. The Bertz CT molecular complexity index is 1520. The number of alkyl halides is 3. The van der Waals surface area contributed by atoms with Crippen LogP contribution in [0.3, 0.4) is 0 Å². The second-order valence-corrected chi connectivity index (χ2v) is 8.90. The highest BCUT2D eigenvalue weighted by atomic mass is 32.1. The summed E-state index contributed by atoms with van der Waals surface area (Å²) in [6.45, 7) is 1.69. The van der Waals surface area contributed by atoms with Gasteiger partial charge in [-0.2, -0.15) is 13.2 Å². The summed E-state index contributed by atoms with van der Waals surface area (Å²) in [6.07, 6.45) is -4.65. The zero-order valence-corrected chi connectivity index (χ0v) is 21.6. The molecule has 0 aliphatic rings. The second-order valence-electron chi connectivity index (χ2n) is 8.49. The van der Waals surface area contributed by atoms with Crippen LogP contribution in [-0.2, 0) is 17.4 Å². The van der Waals surface area contributed by atoms with Crippen molar-refractivity contribution in [1.29, 1.82) is 0 Å². The number of nitrogens with two attached hydrogens (primary N) is 1. The van der Waals surface area contributed by atoms with Crippen LogP contribution in [0.15, 0.2) is 46.9 Å². The van der Waals surface area contributed by atoms with Crippen LogP contribution in [0, 0.1) is 11.6 Å². The monoisotopic (exact) mass is 564 g/mol. The Morgan fingerprint density at radius 1 is 1.15 bits per heavy atom. The summed E-state index contributed by atoms with van der Waals surface area (Å²) in [5.41, 5.74) is 5.09. The third-order valence-electron chi connectivity index (χ3n) is 5.82. The predicted molar refractivity (Wildman–Crippen MR) is 139 cm³/mol. The van der Waals surface area contributed by atoms with Gasteiger partial charge in [0.25, 0.3) is 7.48 Å². The number of hydrogen-bond acceptors (Lipinski definition) is 7. The summed E-state index contributed by atoms with van der Waals surface area (Å²) in [6, 6.07) is 8.35. The molecule has 0 unspecified atom stereocenters. The Kier molecular flexibility index (Phi) is 8.47. The summed E-state index contributed by atoms with van der Waals surface area (Å²) in [5, 5.41) is 3.20. The van der Waals surface area contributed by atoms with Gasteiger partial charge in [-0.25, -0.2) is 18.7 Å². The summed E-state index contributed by atoms with van der Waals surface area (Å²) in [4.78, 5) is 8.41. The van der Waals surface area contributed by atoms with Gasteiger partial charge >= 0.3 is 6.18 Å². The molecule has 1 atom stereocenters. The Balaban J connectivity index is 1.76. The van der Waals surface area contributed by atoms with Gasteiger partial charge in [-0.3, -0.25) is 0 Å². The number of methoxy groups -OCH3 is 1. The number of fused-ring (bicyclic) bond motifs is 1. The molecule has 39 heavy (non-hydrogen) atoms. The fraction of sp³-hybridized carbons (Fsp3) is 0.240. The average molecular weight is 564 g/mol. The van der Waals surface area contributed by atoms with Crippen LogP contribution in [0.2, 0.25) is 0 Å². The fourth-order valence-corrected chi connectivity index (χ4v) is 4.11. The number of pyridine rings is 1. The van der Waals surface area contributed by atoms with Gasteiger partial charge in [-0.15, -0.1) is 0 Å². The zero-order chi connectivity index (χ0) is 28.3. The first-order valence-electron chi connectivity index (χ1n) is 11.6. The van der Waals surface area contributed by atoms with Gasteiger partial charge in [-0.1, -0.05) is 25.2 Å². The second kappa shape index (κ2) is 11.6. The highest BCUT2D eigenvalue weighted by Crippen LogP contribution is 2.37. The van der Waals surface area contributed by atoms with Gasteiger partial charge in [0.05, 0.1) is 13.8 Å². The normalized spacial score (nSPS) is 12.4. The largest absolute Gasteiger partial charge is 0.494 e. The SMILES string of the molecule is COc1ccc(-c2nc(C(=S)NCc3ccc(F)cc3F)c([C@H](C)BOCN)o2)c2ccc(C(F)(F)F)nc12. The Hall–Kier alpha value is -3.62. The average Bonchev–Trinajstić information content (AvgIpc) is 3.35. The van der Waals surface area contributed by atoms with Gasteiger partial charge in [-0.05, 0) is 30.3 Å². The number of benzene rings is 2. The summed E-state index contributed by atoms with van der Waals surface area (Å²) < 4.78 is 84.0. The van der Waals surface area contributed by atoms with Gasteiger partial charge in [0.1, 0.15) is 45.0 Å². The molecule has 2 heterocycles. The number of nitrogens with zero attached hydrogens (tertiary/aromatic N) is 2. The van der Waals surface area contributed by atoms with Crippen LogP contribution in [0.4, 0.5) is 22.0 Å². The summed E-state index contributed by atoms with van der Waals surface area (Å²) in [7, 11) is 1.48. The smallest absolute Gasteiger partial charge is 0.433 e. The molecule has 4 aromatic rings. The first-order chi connectivity index (χ1) is 18.5. The van der Waals surface area contributed by atoms with Crippen LogP contribution in [0.25, 0.3) is 22.4 Å². The van der Waals surface area contributed by atoms with Crippen molar-refractivity contribution < 1.29 is 35.8 Å². The maximum absolute atomic E-state index is 14.1. The molecule has 0 spiro atoms. The third-order valence-corrected chi connectivity index (χ3v) is 6.15. The van der Waals surface area contributed by atoms with Crippen LogP contribution >= 0.6 is 12.2 Å². The molecule has 204 valence electrons. The van der Waals surface area contributed by atoms with Crippen LogP contribution in [-0.4, -0.2) is 36.3 Å². The molecule has 2 aromatic carbocycles. The van der Waals surface area contributed by atoms with E-state index >= 15 is 0 Å². The van der Waals surface area contributed by atoms with E-state index in [1.165, 1.54) is 25.3 Å². The molecule has 0 amide bonds. The van der Waals surface area contributed by atoms with Gasteiger partial charge in [0, 0.05) is 34.9 Å². The number of thiocarbonyl (C=S) groups is 1. The molecule has 0 bridgehead atoms. The van der Waals surface area contributed by atoms with Gasteiger partial charge < -0.3 is 24.9 Å². The lowest BCUT2D eigenvalue weighted by Gasteiger charge is -2.11. The minimum atomic E-state index is -4.65. The lowest BCUT2D eigenvalue weighted by molar-refractivity contribution is -0.140. The third kappa shape index (κ3) is 6.18. The van der Waals surface area contributed by atoms with E-state index in [4.69, 9.17) is 31.8 Å². The predicted octanol–water partition coefficient (Wildman–Crippen LogP) is 5.01. The highest BCUT2D eigenvalue weighted by molar-refractivity contribution is 7.80. The molecule has 2 aromatic heterocycles. The van der Waals surface area contributed by atoms with Crippen molar-refractivity contribution in [1.82, 2.24) is 15.3 Å². The van der Waals surface area contributed by atoms with Crippen molar-refractivity contribution in [3.63, 3.8) is 0 Å². The van der Waals surface area contributed by atoms with E-state index < -0.39 is 23.5 Å². The molecule has 14 heteroatoms. The molecule has 0 fully saturated rings. The topological polar surface area (TPSA) is 95.4 Å². The Labute approximate surface area is 225 Å². The maximum atomic E-state index is 14.1. The van der Waals surface area contributed by atoms with Crippen molar-refractivity contribution in [3.05, 3.63) is 76.8 Å². The molecule has 4 rings (SSSR count). The first-order valence-corrected chi connectivity index (χ1v) is 12.0. The van der Waals surface area contributed by atoms with Crippen molar-refractivity contribution in [2.24, 2.45) is 5.73 Å². The van der Waals surface area contributed by atoms with Crippen molar-refractivity contribution >= 4 is 35.6 Å². The molecular formula is C25H22BF5N4O3S. The van der Waals surface area contributed by atoms with Crippen molar-refractivity contribution in [2.45, 2.75) is 25.5 Å². The maximum Gasteiger partial charge on any atom is 0.433 e. The van der Waals surface area contributed by atoms with E-state index in [1.807, 2.05) is 0 Å². The number of halogens is 5. The minimum Gasteiger partial charge on any atom is -0.494 e. The Morgan fingerprint density at radius 3 is 2.59 bits per heavy atom. The van der Waals surface area contributed by atoms with Crippen LogP contribution in [0.5, 0.6) is 5.75 Å². The van der Waals surface area contributed by atoms with Crippen LogP contribution < -0.4 is 15.8 Å². The van der Waals surface area contributed by atoms with E-state index in [-0.39, 0.29) is 60.0 Å². The van der Waals surface area contributed by atoms with E-state index in [0.29, 0.717) is 16.7 Å². The fourth-order valence-electron chi connectivity index (χ4n) is 3.89. The number of rotatable bonds is 9. The molecule has 0 radical (unpaired) electrons. The number of hydrogen-bond donors (Lipinski definition) is 2. The van der Waals surface area contributed by atoms with E-state index in [2.05, 4.69) is 15.3 Å². The number of ether oxygens (including phenoxy) is 1. The molecule has 7 nitrogen and oxygen atoms in total. The van der Waals surface area contributed by atoms with Crippen molar-refractivity contribution in [2.75, 3.05) is 13.8 Å². The lowest BCUT2D eigenvalue weighted by atomic mass is 9.79. The minimum absolute atomic E-state index is 0.0295. The molecular weight excluding hydrogens is 542 g/mol. The summed E-state index contributed by atoms with van der Waals surface area (Å²) in [5.74, 6) is -1.32. The molecule has 0 aliphatic carbocycles. The summed E-state index contributed by atoms with van der Waals surface area (Å²) >= 11 is 5.51. The standard InChI is InChI=1S/C25H22BF5N4O3S/c1-12(26-37-11-32)22-21(24(39)33-10-13-3-4-14(27)9-17(13)28)35-23(38-22)16-5-7-18(36-2)20-15(16)6-8-19(34-20)25(29,30)31/h3-9,12,26H,10-11,32H2,1-2H3,(H,33,39)/t12-/m0/s1. The highest BCUT2D eigenvalue weighted by Gasteiger charge is 2.33. The van der Waals surface area contributed by atoms with E-state index in [0.717, 1.165) is 18.2 Å². The quantitative estimate of drug-likeness (QED) is 0.127. The van der Waals surface area contributed by atoms with Crippen molar-refractivity contribution in [3.8, 4) is 17.2 Å². The molecule has 3 N–H and O–H groups in total. The lowest BCUT2D eigenvalue weighted by Crippen LogP contribution is -2.25. The van der Waals surface area contributed by atoms with E-state index in [9.17, 15) is 22.0 Å². The molecule has 0 saturated carbocycles. The van der Waals surface area contributed by atoms with Crippen LogP contribution in [0.1, 0.15) is 35.5 Å². The number of oxazole rings is 1. The Morgan fingerprint density at radius 2 is 1.92 bits per heavy atom. The molecule has 0 aliphatic heterocycles. The van der Waals surface area contributed by atoms with E-state index in [1.54, 1.807) is 13.0 Å². The number of nitrogens with one attached hydrogen (secondary N) is 1. The molecule has 0 saturated heterocycles. The van der Waals surface area contributed by atoms with Gasteiger partial charge in [0.15, 0.2) is 0 Å². The first kappa shape index (κ1) is 28.4.